The van der Waals surface area contributed by atoms with Crippen LogP contribution < -0.4 is 10.6 Å². The molecule has 2 aromatic carbocycles. The standard InChI is InChI=1S/C20H15Cl2N5/c1-12-11-17(25-16-9-2-5-13-6-4-10-23-18(13)16)26-20(24-12)27-19-14(21)7-3-8-15(19)22/h2-11H,1H3,(H2,24,25,26,27). The van der Waals surface area contributed by atoms with Crippen molar-refractivity contribution in [2.45, 2.75) is 6.92 Å². The number of hydrogen-bond acceptors (Lipinski definition) is 5. The molecule has 2 heterocycles. The molecule has 0 spiro atoms. The summed E-state index contributed by atoms with van der Waals surface area (Å²) in [5, 5.41) is 8.48. The lowest BCUT2D eigenvalue weighted by Crippen LogP contribution is -2.03. The summed E-state index contributed by atoms with van der Waals surface area (Å²) >= 11 is 12.5. The number of rotatable bonds is 4. The van der Waals surface area contributed by atoms with Gasteiger partial charge in [-0.05, 0) is 31.2 Å². The molecule has 2 N–H and O–H groups in total. The van der Waals surface area contributed by atoms with Gasteiger partial charge in [-0.1, -0.05) is 47.5 Å². The number of aromatic nitrogens is 3. The summed E-state index contributed by atoms with van der Waals surface area (Å²) in [6, 6.07) is 17.0. The zero-order chi connectivity index (χ0) is 18.8. The topological polar surface area (TPSA) is 62.7 Å². The van der Waals surface area contributed by atoms with Crippen molar-refractivity contribution in [1.82, 2.24) is 15.0 Å². The molecule has 0 unspecified atom stereocenters. The molecule has 0 aliphatic carbocycles. The summed E-state index contributed by atoms with van der Waals surface area (Å²) in [5.74, 6) is 1.05. The highest BCUT2D eigenvalue weighted by Crippen LogP contribution is 2.32. The van der Waals surface area contributed by atoms with Gasteiger partial charge in [-0.2, -0.15) is 4.98 Å². The molecule has 0 saturated heterocycles. The Kier molecular flexibility index (Phi) is 4.79. The van der Waals surface area contributed by atoms with Gasteiger partial charge in [0.1, 0.15) is 5.82 Å². The summed E-state index contributed by atoms with van der Waals surface area (Å²) in [6.45, 7) is 1.90. The Morgan fingerprint density at radius 3 is 2.41 bits per heavy atom. The van der Waals surface area contributed by atoms with Crippen molar-refractivity contribution in [3.63, 3.8) is 0 Å². The van der Waals surface area contributed by atoms with Crippen LogP contribution >= 0.6 is 23.2 Å². The van der Waals surface area contributed by atoms with Crippen LogP contribution in [0.2, 0.25) is 10.0 Å². The minimum Gasteiger partial charge on any atom is -0.338 e. The van der Waals surface area contributed by atoms with E-state index in [1.165, 1.54) is 0 Å². The van der Waals surface area contributed by atoms with Crippen LogP contribution in [0.5, 0.6) is 0 Å². The van der Waals surface area contributed by atoms with E-state index in [4.69, 9.17) is 23.2 Å². The van der Waals surface area contributed by atoms with Crippen LogP contribution in [0.15, 0.2) is 60.8 Å². The van der Waals surface area contributed by atoms with Crippen LogP contribution in [0, 0.1) is 6.92 Å². The third kappa shape index (κ3) is 3.79. The summed E-state index contributed by atoms with van der Waals surface area (Å²) < 4.78 is 0. The molecular weight excluding hydrogens is 381 g/mol. The highest BCUT2D eigenvalue weighted by molar-refractivity contribution is 6.39. The van der Waals surface area contributed by atoms with Gasteiger partial charge in [0.25, 0.3) is 0 Å². The normalized spacial score (nSPS) is 10.8. The predicted octanol–water partition coefficient (Wildman–Crippen LogP) is 6.13. The average molecular weight is 396 g/mol. The third-order valence-electron chi connectivity index (χ3n) is 3.95. The quantitative estimate of drug-likeness (QED) is 0.435. The Hall–Kier alpha value is -2.89. The van der Waals surface area contributed by atoms with Gasteiger partial charge in [0.05, 0.1) is 26.9 Å². The van der Waals surface area contributed by atoms with Gasteiger partial charge in [0, 0.05) is 23.3 Å². The van der Waals surface area contributed by atoms with Gasteiger partial charge >= 0.3 is 0 Å². The second kappa shape index (κ2) is 7.39. The van der Waals surface area contributed by atoms with E-state index in [-0.39, 0.29) is 0 Å². The number of nitrogens with one attached hydrogen (secondary N) is 2. The summed E-state index contributed by atoms with van der Waals surface area (Å²) in [4.78, 5) is 13.4. The van der Waals surface area contributed by atoms with E-state index in [2.05, 4.69) is 25.6 Å². The summed E-state index contributed by atoms with van der Waals surface area (Å²) in [6.07, 6.45) is 1.77. The molecular formula is C20H15Cl2N5. The number of benzene rings is 2. The molecule has 134 valence electrons. The number of para-hydroxylation sites is 2. The van der Waals surface area contributed by atoms with Crippen molar-refractivity contribution in [3.8, 4) is 0 Å². The van der Waals surface area contributed by atoms with Crippen molar-refractivity contribution in [2.24, 2.45) is 0 Å². The zero-order valence-electron chi connectivity index (χ0n) is 14.4. The molecule has 0 aliphatic heterocycles. The first-order valence-electron chi connectivity index (χ1n) is 8.27. The second-order valence-corrected chi connectivity index (χ2v) is 6.76. The van der Waals surface area contributed by atoms with Crippen molar-refractivity contribution in [2.75, 3.05) is 10.6 Å². The molecule has 7 heteroatoms. The molecule has 0 radical (unpaired) electrons. The maximum absolute atomic E-state index is 6.23. The molecule has 0 saturated carbocycles. The number of hydrogen-bond donors (Lipinski definition) is 2. The third-order valence-corrected chi connectivity index (χ3v) is 4.58. The molecule has 0 atom stereocenters. The van der Waals surface area contributed by atoms with Crippen molar-refractivity contribution in [1.29, 1.82) is 0 Å². The van der Waals surface area contributed by atoms with E-state index in [0.29, 0.717) is 27.5 Å². The highest BCUT2D eigenvalue weighted by Gasteiger charge is 2.10. The lowest BCUT2D eigenvalue weighted by molar-refractivity contribution is 1.11. The fourth-order valence-corrected chi connectivity index (χ4v) is 3.25. The molecule has 4 rings (SSSR count). The van der Waals surface area contributed by atoms with Crippen LogP contribution in [-0.2, 0) is 0 Å². The van der Waals surface area contributed by atoms with E-state index in [0.717, 1.165) is 22.3 Å². The lowest BCUT2D eigenvalue weighted by Gasteiger charge is -2.12. The Balaban J connectivity index is 1.68. The Bertz CT molecular complexity index is 1100. The summed E-state index contributed by atoms with van der Waals surface area (Å²) in [5.41, 5.74) is 3.11. The Labute approximate surface area is 166 Å². The SMILES string of the molecule is Cc1cc(Nc2cccc3cccnc23)nc(Nc2c(Cl)cccc2Cl)n1. The van der Waals surface area contributed by atoms with E-state index in [9.17, 15) is 0 Å². The van der Waals surface area contributed by atoms with Crippen LogP contribution in [0.4, 0.5) is 23.1 Å². The van der Waals surface area contributed by atoms with Gasteiger partial charge in [0.2, 0.25) is 5.95 Å². The number of anilines is 4. The first-order valence-corrected chi connectivity index (χ1v) is 9.03. The first-order chi connectivity index (χ1) is 13.1. The minimum atomic E-state index is 0.403. The fourth-order valence-electron chi connectivity index (χ4n) is 2.76. The van der Waals surface area contributed by atoms with E-state index in [1.54, 1.807) is 24.4 Å². The Morgan fingerprint density at radius 1 is 0.852 bits per heavy atom. The van der Waals surface area contributed by atoms with Gasteiger partial charge in [-0.3, -0.25) is 4.98 Å². The van der Waals surface area contributed by atoms with Gasteiger partial charge < -0.3 is 10.6 Å². The highest BCUT2D eigenvalue weighted by atomic mass is 35.5. The van der Waals surface area contributed by atoms with Crippen LogP contribution in [0.25, 0.3) is 10.9 Å². The first kappa shape index (κ1) is 17.5. The minimum absolute atomic E-state index is 0.403. The van der Waals surface area contributed by atoms with Gasteiger partial charge in [-0.25, -0.2) is 4.98 Å². The van der Waals surface area contributed by atoms with E-state index < -0.39 is 0 Å². The number of nitrogens with zero attached hydrogens (tertiary/aromatic N) is 3. The Morgan fingerprint density at radius 2 is 1.59 bits per heavy atom. The van der Waals surface area contributed by atoms with Crippen LogP contribution in [0.1, 0.15) is 5.69 Å². The number of pyridine rings is 1. The second-order valence-electron chi connectivity index (χ2n) is 5.95. The average Bonchev–Trinajstić information content (AvgIpc) is 2.65. The molecule has 5 nitrogen and oxygen atoms in total. The maximum atomic E-state index is 6.23. The molecule has 0 amide bonds. The smallest absolute Gasteiger partial charge is 0.229 e. The summed E-state index contributed by atoms with van der Waals surface area (Å²) in [7, 11) is 0. The molecule has 0 bridgehead atoms. The van der Waals surface area contributed by atoms with Gasteiger partial charge in [0.15, 0.2) is 0 Å². The lowest BCUT2D eigenvalue weighted by atomic mass is 10.2. The molecule has 27 heavy (non-hydrogen) atoms. The largest absolute Gasteiger partial charge is 0.338 e. The fraction of sp³-hybridized carbons (Fsp3) is 0.0500. The van der Waals surface area contributed by atoms with Crippen molar-refractivity contribution < 1.29 is 0 Å². The van der Waals surface area contributed by atoms with Crippen molar-refractivity contribution in [3.05, 3.63) is 76.5 Å². The predicted molar refractivity (Wildman–Crippen MR) is 112 cm³/mol. The van der Waals surface area contributed by atoms with Gasteiger partial charge in [-0.15, -0.1) is 0 Å². The molecule has 2 aromatic heterocycles. The monoisotopic (exact) mass is 395 g/mol. The van der Waals surface area contributed by atoms with Crippen LogP contribution in [0.3, 0.4) is 0 Å². The maximum Gasteiger partial charge on any atom is 0.229 e. The number of halogens is 2. The van der Waals surface area contributed by atoms with Crippen molar-refractivity contribution >= 4 is 57.2 Å². The molecule has 0 aliphatic rings. The molecule has 4 aromatic rings. The number of fused-ring (bicyclic) bond motifs is 1. The van der Waals surface area contributed by atoms with E-state index in [1.807, 2.05) is 43.3 Å². The number of aryl methyl sites for hydroxylation is 1. The molecule has 0 fully saturated rings. The van der Waals surface area contributed by atoms with Crippen LogP contribution in [-0.4, -0.2) is 15.0 Å². The zero-order valence-corrected chi connectivity index (χ0v) is 15.9. The van der Waals surface area contributed by atoms with E-state index >= 15 is 0 Å².